The average molecular weight is 275 g/mol. The summed E-state index contributed by atoms with van der Waals surface area (Å²) in [6, 6.07) is 10.1. The van der Waals surface area contributed by atoms with Crippen LogP contribution in [0.5, 0.6) is 0 Å². The Bertz CT molecular complexity index is 482. The van der Waals surface area contributed by atoms with E-state index in [4.69, 9.17) is 5.84 Å². The quantitative estimate of drug-likeness (QED) is 0.316. The normalized spacial score (nSPS) is 12.4. The lowest BCUT2D eigenvalue weighted by Crippen LogP contribution is -2.29. The molecule has 106 valence electrons. The van der Waals surface area contributed by atoms with Crippen molar-refractivity contribution in [2.75, 3.05) is 0 Å². The third-order valence-corrected chi connectivity index (χ3v) is 2.51. The molecule has 0 aliphatic carbocycles. The Morgan fingerprint density at radius 1 is 1.10 bits per heavy atom. The molecular weight excluding hydrogens is 258 g/mol. The number of amides is 3. The van der Waals surface area contributed by atoms with Crippen molar-refractivity contribution in [1.29, 1.82) is 0 Å². The standard InChI is InChI=1S/C10H14N2O.C4H3NO2/c11-12-10(13)8-4-7-9-5-2-1-3-6-9;6-3-1-2-4(7)5-3/h1-3,5-6H,4,7-8,11H2,(H,12,13);1-2H,(H,5,6,7). The van der Waals surface area contributed by atoms with Crippen molar-refractivity contribution in [2.24, 2.45) is 5.84 Å². The van der Waals surface area contributed by atoms with E-state index in [1.54, 1.807) is 0 Å². The fourth-order valence-electron chi connectivity index (χ4n) is 1.53. The summed E-state index contributed by atoms with van der Waals surface area (Å²) < 4.78 is 0. The number of carbonyl (C=O) groups excluding carboxylic acids is 3. The van der Waals surface area contributed by atoms with E-state index in [-0.39, 0.29) is 17.7 Å². The highest BCUT2D eigenvalue weighted by Gasteiger charge is 2.06. The molecule has 0 fully saturated rings. The highest BCUT2D eigenvalue weighted by atomic mass is 16.2. The van der Waals surface area contributed by atoms with Gasteiger partial charge in [0.25, 0.3) is 11.8 Å². The third kappa shape index (κ3) is 6.46. The number of imide groups is 1. The van der Waals surface area contributed by atoms with Crippen molar-refractivity contribution in [3.8, 4) is 0 Å². The van der Waals surface area contributed by atoms with Gasteiger partial charge in [-0.3, -0.25) is 25.1 Å². The second-order valence-corrected chi connectivity index (χ2v) is 4.09. The Balaban J connectivity index is 0.000000240. The molecule has 0 atom stereocenters. The second-order valence-electron chi connectivity index (χ2n) is 4.09. The highest BCUT2D eigenvalue weighted by molar-refractivity contribution is 6.12. The second kappa shape index (κ2) is 8.60. The number of carbonyl (C=O) groups is 3. The van der Waals surface area contributed by atoms with Gasteiger partial charge >= 0.3 is 0 Å². The van der Waals surface area contributed by atoms with Gasteiger partial charge in [-0.1, -0.05) is 30.3 Å². The smallest absolute Gasteiger partial charge is 0.250 e. The molecule has 0 unspecified atom stereocenters. The van der Waals surface area contributed by atoms with Gasteiger partial charge in [0, 0.05) is 18.6 Å². The Kier molecular flexibility index (Phi) is 6.70. The first kappa shape index (κ1) is 15.6. The van der Waals surface area contributed by atoms with Crippen LogP contribution in [0.15, 0.2) is 42.5 Å². The van der Waals surface area contributed by atoms with Gasteiger partial charge in [0.2, 0.25) is 5.91 Å². The van der Waals surface area contributed by atoms with Crippen LogP contribution >= 0.6 is 0 Å². The summed E-state index contributed by atoms with van der Waals surface area (Å²) in [7, 11) is 0. The van der Waals surface area contributed by atoms with Crippen LogP contribution in [0, 0.1) is 0 Å². The van der Waals surface area contributed by atoms with Crippen LogP contribution in [0.3, 0.4) is 0 Å². The number of hydrogen-bond acceptors (Lipinski definition) is 4. The van der Waals surface area contributed by atoms with Crippen molar-refractivity contribution >= 4 is 17.7 Å². The lowest BCUT2D eigenvalue weighted by molar-refractivity contribution is -0.123. The van der Waals surface area contributed by atoms with Crippen molar-refractivity contribution in [1.82, 2.24) is 10.7 Å². The Hall–Kier alpha value is -2.47. The molecule has 2 rings (SSSR count). The maximum Gasteiger partial charge on any atom is 0.250 e. The molecule has 1 aliphatic heterocycles. The molecule has 6 nitrogen and oxygen atoms in total. The minimum Gasteiger partial charge on any atom is -0.294 e. The van der Waals surface area contributed by atoms with E-state index in [1.165, 1.54) is 17.7 Å². The molecule has 0 radical (unpaired) electrons. The first-order chi connectivity index (χ1) is 9.61. The zero-order valence-corrected chi connectivity index (χ0v) is 11.0. The summed E-state index contributed by atoms with van der Waals surface area (Å²) in [6.07, 6.45) is 4.65. The molecule has 1 heterocycles. The zero-order valence-electron chi connectivity index (χ0n) is 11.0. The minimum atomic E-state index is -0.329. The molecule has 1 aliphatic rings. The largest absolute Gasteiger partial charge is 0.294 e. The monoisotopic (exact) mass is 275 g/mol. The summed E-state index contributed by atoms with van der Waals surface area (Å²) in [4.78, 5) is 30.8. The van der Waals surface area contributed by atoms with Crippen LogP contribution in [0.4, 0.5) is 0 Å². The number of aryl methyl sites for hydroxylation is 1. The predicted molar refractivity (Wildman–Crippen MR) is 74.0 cm³/mol. The predicted octanol–water partition coefficient (Wildman–Crippen LogP) is 0.198. The first-order valence-electron chi connectivity index (χ1n) is 6.18. The van der Waals surface area contributed by atoms with E-state index in [1.807, 2.05) is 23.5 Å². The van der Waals surface area contributed by atoms with Crippen LogP contribution < -0.4 is 16.6 Å². The molecular formula is C14H17N3O3. The lowest BCUT2D eigenvalue weighted by Gasteiger charge is -2.00. The molecule has 1 aromatic rings. The lowest BCUT2D eigenvalue weighted by atomic mass is 10.1. The molecule has 0 spiro atoms. The number of nitrogens with two attached hydrogens (primary N) is 1. The molecule has 0 aromatic heterocycles. The summed E-state index contributed by atoms with van der Waals surface area (Å²) in [5.41, 5.74) is 3.37. The summed E-state index contributed by atoms with van der Waals surface area (Å²) in [5, 5.41) is 2.03. The van der Waals surface area contributed by atoms with Crippen LogP contribution in [0.2, 0.25) is 0 Å². The van der Waals surface area contributed by atoms with Crippen LogP contribution in [0.1, 0.15) is 18.4 Å². The topological polar surface area (TPSA) is 101 Å². The first-order valence-corrected chi connectivity index (χ1v) is 6.18. The molecule has 0 saturated carbocycles. The molecule has 6 heteroatoms. The number of nitrogens with one attached hydrogen (secondary N) is 2. The molecule has 20 heavy (non-hydrogen) atoms. The summed E-state index contributed by atoms with van der Waals surface area (Å²) in [5.74, 6) is 4.19. The van der Waals surface area contributed by atoms with Gasteiger partial charge in [-0.05, 0) is 18.4 Å². The zero-order chi connectivity index (χ0) is 14.8. The molecule has 3 amide bonds. The van der Waals surface area contributed by atoms with Crippen LogP contribution in [0.25, 0.3) is 0 Å². The number of rotatable bonds is 4. The fraction of sp³-hybridized carbons (Fsp3) is 0.214. The van der Waals surface area contributed by atoms with Gasteiger partial charge in [0.15, 0.2) is 0 Å². The van der Waals surface area contributed by atoms with E-state index < -0.39 is 0 Å². The number of benzene rings is 1. The van der Waals surface area contributed by atoms with E-state index in [0.717, 1.165) is 12.8 Å². The summed E-state index contributed by atoms with van der Waals surface area (Å²) in [6.45, 7) is 0. The summed E-state index contributed by atoms with van der Waals surface area (Å²) >= 11 is 0. The van der Waals surface area contributed by atoms with Crippen LogP contribution in [-0.2, 0) is 20.8 Å². The maximum atomic E-state index is 10.8. The Morgan fingerprint density at radius 3 is 2.15 bits per heavy atom. The maximum absolute atomic E-state index is 10.8. The van der Waals surface area contributed by atoms with Gasteiger partial charge in [-0.25, -0.2) is 5.84 Å². The highest BCUT2D eigenvalue weighted by Crippen LogP contribution is 2.03. The van der Waals surface area contributed by atoms with Crippen molar-refractivity contribution in [3.05, 3.63) is 48.0 Å². The van der Waals surface area contributed by atoms with Gasteiger partial charge < -0.3 is 0 Å². The van der Waals surface area contributed by atoms with E-state index >= 15 is 0 Å². The SMILES string of the molecule is NNC(=O)CCCc1ccccc1.O=C1C=CC(=O)N1. The van der Waals surface area contributed by atoms with Crippen molar-refractivity contribution in [2.45, 2.75) is 19.3 Å². The van der Waals surface area contributed by atoms with Crippen LogP contribution in [-0.4, -0.2) is 17.7 Å². The van der Waals surface area contributed by atoms with E-state index in [9.17, 15) is 14.4 Å². The molecule has 4 N–H and O–H groups in total. The molecule has 0 bridgehead atoms. The average Bonchev–Trinajstić information content (AvgIpc) is 2.84. The molecule has 0 saturated heterocycles. The minimum absolute atomic E-state index is 0.101. The van der Waals surface area contributed by atoms with Crippen molar-refractivity contribution in [3.63, 3.8) is 0 Å². The van der Waals surface area contributed by atoms with Crippen molar-refractivity contribution < 1.29 is 14.4 Å². The third-order valence-electron chi connectivity index (χ3n) is 2.51. The fourth-order valence-corrected chi connectivity index (χ4v) is 1.53. The Labute approximate surface area is 117 Å². The van der Waals surface area contributed by atoms with Gasteiger partial charge in [0.1, 0.15) is 0 Å². The van der Waals surface area contributed by atoms with Gasteiger partial charge in [-0.2, -0.15) is 0 Å². The van der Waals surface area contributed by atoms with Gasteiger partial charge in [0.05, 0.1) is 0 Å². The van der Waals surface area contributed by atoms with Gasteiger partial charge in [-0.15, -0.1) is 0 Å². The molecule has 1 aromatic carbocycles. The van der Waals surface area contributed by atoms with E-state index in [2.05, 4.69) is 17.6 Å². The van der Waals surface area contributed by atoms with E-state index in [0.29, 0.717) is 6.42 Å². The Morgan fingerprint density at radius 2 is 1.70 bits per heavy atom. The number of hydrazine groups is 1. The number of hydrogen-bond donors (Lipinski definition) is 3.